The van der Waals surface area contributed by atoms with Gasteiger partial charge < -0.3 is 15.5 Å². The second kappa shape index (κ2) is 7.24. The van der Waals surface area contributed by atoms with Gasteiger partial charge in [-0.1, -0.05) is 30.8 Å². The number of pyridine rings is 1. The number of carbonyl (C=O) groups is 2. The van der Waals surface area contributed by atoms with Crippen molar-refractivity contribution in [1.29, 1.82) is 0 Å². The van der Waals surface area contributed by atoms with Crippen molar-refractivity contribution in [1.82, 2.24) is 26.1 Å². The fourth-order valence-electron chi connectivity index (χ4n) is 3.66. The van der Waals surface area contributed by atoms with Crippen molar-refractivity contribution in [3.8, 4) is 0 Å². The van der Waals surface area contributed by atoms with Crippen LogP contribution in [0.4, 0.5) is 10.6 Å². The highest BCUT2D eigenvalue weighted by Crippen LogP contribution is 2.26. The molecular weight excluding hydrogens is 344 g/mol. The number of hydrazine groups is 1. The molecule has 0 spiro atoms. The largest absolute Gasteiger partial charge is 0.367 e. The van der Waals surface area contributed by atoms with Crippen LogP contribution in [0, 0.1) is 0 Å². The zero-order valence-electron chi connectivity index (χ0n) is 14.9. The lowest BCUT2D eigenvalue weighted by molar-refractivity contribution is -0.126. The third-order valence-corrected chi connectivity index (χ3v) is 5.00. The lowest BCUT2D eigenvalue weighted by Crippen LogP contribution is -2.38. The Morgan fingerprint density at radius 2 is 2.26 bits per heavy atom. The summed E-state index contributed by atoms with van der Waals surface area (Å²) in [7, 11) is 0. The van der Waals surface area contributed by atoms with E-state index in [0.717, 1.165) is 36.0 Å². The molecule has 2 atom stereocenters. The number of rotatable bonds is 5. The molecule has 0 bridgehead atoms. The minimum absolute atomic E-state index is 0.0326. The van der Waals surface area contributed by atoms with Gasteiger partial charge in [0.25, 0.3) is 0 Å². The fraction of sp³-hybridized carbons (Fsp3) is 0.316. The van der Waals surface area contributed by atoms with E-state index in [-0.39, 0.29) is 18.0 Å². The van der Waals surface area contributed by atoms with Crippen LogP contribution in [0.25, 0.3) is 10.8 Å². The second-order valence-corrected chi connectivity index (χ2v) is 6.71. The number of nitrogens with one attached hydrogen (secondary N) is 4. The van der Waals surface area contributed by atoms with E-state index in [1.807, 2.05) is 35.2 Å². The number of hydrogen-bond acceptors (Lipinski definition) is 5. The molecule has 1 unspecified atom stereocenters. The zero-order chi connectivity index (χ0) is 18.8. The van der Waals surface area contributed by atoms with Gasteiger partial charge in [-0.3, -0.25) is 10.2 Å². The first kappa shape index (κ1) is 17.3. The average molecular weight is 366 g/mol. The standard InChI is InChI=1S/C19H22N6O2/c1-2-16(26)25-9-5-7-13(25)11-20-17-14-8-4-3-6-12(14)10-15(21-17)18-22-19(27)24-23-18/h2-4,6,8,10,13,18,23H,1,5,7,9,11H2,(H,20,21)(H2,22,24,27)/t13-,18?/m0/s1. The lowest BCUT2D eigenvalue weighted by Gasteiger charge is -2.24. The number of hydrogen-bond donors (Lipinski definition) is 4. The van der Waals surface area contributed by atoms with Crippen LogP contribution < -0.4 is 21.5 Å². The van der Waals surface area contributed by atoms with Crippen LogP contribution in [0.3, 0.4) is 0 Å². The Hall–Kier alpha value is -3.13. The summed E-state index contributed by atoms with van der Waals surface area (Å²) in [5.74, 6) is 0.707. The van der Waals surface area contributed by atoms with Crippen molar-refractivity contribution in [2.45, 2.75) is 25.0 Å². The van der Waals surface area contributed by atoms with Gasteiger partial charge >= 0.3 is 6.03 Å². The number of fused-ring (bicyclic) bond motifs is 1. The van der Waals surface area contributed by atoms with E-state index in [0.29, 0.717) is 12.2 Å². The molecule has 4 rings (SSSR count). The maximum Gasteiger partial charge on any atom is 0.330 e. The number of anilines is 1. The normalized spacial score (nSPS) is 21.8. The molecule has 3 amide bonds. The number of carbonyl (C=O) groups excluding carboxylic acids is 2. The van der Waals surface area contributed by atoms with Gasteiger partial charge in [-0.05, 0) is 30.4 Å². The number of nitrogens with zero attached hydrogens (tertiary/aromatic N) is 2. The van der Waals surface area contributed by atoms with E-state index in [1.165, 1.54) is 6.08 Å². The van der Waals surface area contributed by atoms with Crippen molar-refractivity contribution in [2.24, 2.45) is 0 Å². The molecule has 0 saturated carbocycles. The van der Waals surface area contributed by atoms with Gasteiger partial charge in [-0.15, -0.1) is 0 Å². The summed E-state index contributed by atoms with van der Waals surface area (Å²) in [4.78, 5) is 30.0. The fourth-order valence-corrected chi connectivity index (χ4v) is 3.66. The third-order valence-electron chi connectivity index (χ3n) is 5.00. The molecule has 0 aliphatic carbocycles. The molecule has 27 heavy (non-hydrogen) atoms. The van der Waals surface area contributed by atoms with Crippen molar-refractivity contribution in [2.75, 3.05) is 18.4 Å². The van der Waals surface area contributed by atoms with Crippen LogP contribution in [-0.2, 0) is 4.79 Å². The quantitative estimate of drug-likeness (QED) is 0.603. The molecule has 8 nitrogen and oxygen atoms in total. The Morgan fingerprint density at radius 1 is 1.41 bits per heavy atom. The number of urea groups is 1. The van der Waals surface area contributed by atoms with Gasteiger partial charge in [0.2, 0.25) is 5.91 Å². The second-order valence-electron chi connectivity index (χ2n) is 6.71. The first-order valence-corrected chi connectivity index (χ1v) is 9.04. The van der Waals surface area contributed by atoms with Gasteiger partial charge in [0.1, 0.15) is 12.0 Å². The summed E-state index contributed by atoms with van der Waals surface area (Å²) in [6.45, 7) is 4.96. The smallest absolute Gasteiger partial charge is 0.330 e. The summed E-state index contributed by atoms with van der Waals surface area (Å²) in [6.07, 6.45) is 2.92. The maximum atomic E-state index is 12.0. The molecule has 3 heterocycles. The van der Waals surface area contributed by atoms with Gasteiger partial charge in [-0.25, -0.2) is 15.2 Å². The molecule has 8 heteroatoms. The topological polar surface area (TPSA) is 98.4 Å². The van der Waals surface area contributed by atoms with E-state index in [9.17, 15) is 9.59 Å². The van der Waals surface area contributed by atoms with E-state index in [4.69, 9.17) is 4.98 Å². The number of aromatic nitrogens is 1. The molecule has 1 aromatic carbocycles. The van der Waals surface area contributed by atoms with Crippen molar-refractivity contribution in [3.05, 3.63) is 48.7 Å². The zero-order valence-corrected chi connectivity index (χ0v) is 14.9. The lowest BCUT2D eigenvalue weighted by atomic mass is 10.1. The summed E-state index contributed by atoms with van der Waals surface area (Å²) in [5.41, 5.74) is 6.11. The van der Waals surface area contributed by atoms with Crippen molar-refractivity contribution < 1.29 is 9.59 Å². The van der Waals surface area contributed by atoms with Gasteiger partial charge in [0.15, 0.2) is 0 Å². The minimum atomic E-state index is -0.395. The van der Waals surface area contributed by atoms with Crippen LogP contribution in [0.1, 0.15) is 24.7 Å². The van der Waals surface area contributed by atoms with E-state index >= 15 is 0 Å². The molecule has 0 radical (unpaired) electrons. The highest BCUT2D eigenvalue weighted by Gasteiger charge is 2.28. The predicted molar refractivity (Wildman–Crippen MR) is 103 cm³/mol. The molecule has 1 aromatic heterocycles. The monoisotopic (exact) mass is 366 g/mol. The van der Waals surface area contributed by atoms with Gasteiger partial charge in [0, 0.05) is 24.5 Å². The molecule has 2 aromatic rings. The van der Waals surface area contributed by atoms with E-state index in [1.54, 1.807) is 0 Å². The number of benzene rings is 1. The Bertz CT molecular complexity index is 899. The predicted octanol–water partition coefficient (Wildman–Crippen LogP) is 1.64. The molecule has 2 aliphatic rings. The van der Waals surface area contributed by atoms with Crippen LogP contribution in [-0.4, -0.2) is 41.0 Å². The Morgan fingerprint density at radius 3 is 3.04 bits per heavy atom. The van der Waals surface area contributed by atoms with Crippen molar-refractivity contribution >= 4 is 28.5 Å². The Balaban J connectivity index is 1.59. The van der Waals surface area contributed by atoms with Crippen molar-refractivity contribution in [3.63, 3.8) is 0 Å². The Kier molecular flexibility index (Phi) is 4.64. The van der Waals surface area contributed by atoms with Gasteiger partial charge in [-0.2, -0.15) is 0 Å². The van der Waals surface area contributed by atoms with E-state index in [2.05, 4.69) is 28.1 Å². The highest BCUT2D eigenvalue weighted by atomic mass is 16.2. The maximum absolute atomic E-state index is 12.0. The first-order valence-electron chi connectivity index (χ1n) is 9.04. The van der Waals surface area contributed by atoms with E-state index < -0.39 is 6.17 Å². The van der Waals surface area contributed by atoms with Crippen LogP contribution >= 0.6 is 0 Å². The molecule has 2 aliphatic heterocycles. The number of amides is 3. The minimum Gasteiger partial charge on any atom is -0.367 e. The van der Waals surface area contributed by atoms with Gasteiger partial charge in [0.05, 0.1) is 5.69 Å². The van der Waals surface area contributed by atoms with Crippen LogP contribution in [0.5, 0.6) is 0 Å². The van der Waals surface area contributed by atoms with Crippen LogP contribution in [0.15, 0.2) is 43.0 Å². The first-order chi connectivity index (χ1) is 13.2. The molecule has 140 valence electrons. The summed E-state index contributed by atoms with van der Waals surface area (Å²) < 4.78 is 0. The summed E-state index contributed by atoms with van der Waals surface area (Å²) >= 11 is 0. The highest BCUT2D eigenvalue weighted by molar-refractivity contribution is 5.92. The SMILES string of the molecule is C=CC(=O)N1CCC[C@H]1CNc1nc(C2NNC(=O)N2)cc2ccccc12. The average Bonchev–Trinajstić information content (AvgIpc) is 3.34. The molecular formula is C19H22N6O2. The Labute approximate surface area is 157 Å². The molecule has 4 N–H and O–H groups in total. The molecule has 2 saturated heterocycles. The number of likely N-dealkylation sites (tertiary alicyclic amines) is 1. The van der Waals surface area contributed by atoms with Crippen LogP contribution in [0.2, 0.25) is 0 Å². The molecule has 2 fully saturated rings. The summed E-state index contributed by atoms with van der Waals surface area (Å²) in [6, 6.07) is 9.74. The summed E-state index contributed by atoms with van der Waals surface area (Å²) in [5, 5.41) is 8.21. The third kappa shape index (κ3) is 3.43.